The van der Waals surface area contributed by atoms with E-state index in [-0.39, 0.29) is 18.1 Å². The molecule has 0 radical (unpaired) electrons. The van der Waals surface area contributed by atoms with Crippen LogP contribution in [0.1, 0.15) is 33.7 Å². The lowest BCUT2D eigenvalue weighted by atomic mass is 10.0. The normalized spacial score (nSPS) is 18.9. The maximum absolute atomic E-state index is 12.1. The van der Waals surface area contributed by atoms with Gasteiger partial charge in [0.25, 0.3) is 5.91 Å². The van der Waals surface area contributed by atoms with Gasteiger partial charge < -0.3 is 26.0 Å². The molecule has 9 heteroatoms. The van der Waals surface area contributed by atoms with Gasteiger partial charge in [0.2, 0.25) is 5.95 Å². The van der Waals surface area contributed by atoms with Crippen molar-refractivity contribution in [3.8, 4) is 0 Å². The minimum Gasteiger partial charge on any atom is -0.363 e. The molecule has 8 nitrogen and oxygen atoms in total. The molecule has 3 aromatic rings. The van der Waals surface area contributed by atoms with Crippen LogP contribution in [0.3, 0.4) is 0 Å². The lowest BCUT2D eigenvalue weighted by Gasteiger charge is -2.21. The Morgan fingerprint density at radius 3 is 2.77 bits per heavy atom. The van der Waals surface area contributed by atoms with Crippen molar-refractivity contribution in [1.29, 1.82) is 0 Å². The van der Waals surface area contributed by atoms with Crippen molar-refractivity contribution in [2.24, 2.45) is 0 Å². The molecule has 2 atom stereocenters. The predicted molar refractivity (Wildman–Crippen MR) is 119 cm³/mol. The molecular formula is C22H21ClN6O2. The van der Waals surface area contributed by atoms with Crippen molar-refractivity contribution in [3.05, 3.63) is 70.4 Å². The van der Waals surface area contributed by atoms with E-state index in [9.17, 15) is 4.79 Å². The third-order valence-electron chi connectivity index (χ3n) is 5.42. The first kappa shape index (κ1) is 19.7. The molecule has 0 spiro atoms. The quantitative estimate of drug-likeness (QED) is 0.484. The third-order valence-corrected chi connectivity index (χ3v) is 5.70. The molecule has 1 fully saturated rings. The summed E-state index contributed by atoms with van der Waals surface area (Å²) in [6.45, 7) is 1.65. The maximum Gasteiger partial charge on any atom is 0.253 e. The first-order chi connectivity index (χ1) is 15.1. The van der Waals surface area contributed by atoms with Crippen LogP contribution in [0.4, 0.5) is 23.1 Å². The van der Waals surface area contributed by atoms with Crippen molar-refractivity contribution in [2.45, 2.75) is 12.2 Å². The van der Waals surface area contributed by atoms with Crippen LogP contribution in [0.2, 0.25) is 5.02 Å². The van der Waals surface area contributed by atoms with Crippen LogP contribution in [0.5, 0.6) is 0 Å². The van der Waals surface area contributed by atoms with Gasteiger partial charge in [-0.05, 0) is 35.4 Å². The van der Waals surface area contributed by atoms with Crippen molar-refractivity contribution < 1.29 is 9.53 Å². The fourth-order valence-electron chi connectivity index (χ4n) is 3.93. The molecule has 1 amide bonds. The highest BCUT2D eigenvalue weighted by Crippen LogP contribution is 2.42. The molecule has 158 valence electrons. The van der Waals surface area contributed by atoms with Gasteiger partial charge in [-0.2, -0.15) is 4.98 Å². The molecule has 1 aromatic heterocycles. The Morgan fingerprint density at radius 2 is 1.94 bits per heavy atom. The third kappa shape index (κ3) is 3.81. The number of nitrogens with one attached hydrogen (secondary N) is 4. The fraction of sp³-hybridized carbons (Fsp3) is 0.227. The summed E-state index contributed by atoms with van der Waals surface area (Å²) >= 11 is 6.31. The smallest absolute Gasteiger partial charge is 0.253 e. The van der Waals surface area contributed by atoms with E-state index in [1.165, 1.54) is 17.3 Å². The van der Waals surface area contributed by atoms with Crippen molar-refractivity contribution >= 4 is 40.6 Å². The summed E-state index contributed by atoms with van der Waals surface area (Å²) in [5.74, 6) is 0.594. The van der Waals surface area contributed by atoms with E-state index in [0.29, 0.717) is 28.0 Å². The Kier molecular flexibility index (Phi) is 5.19. The minimum absolute atomic E-state index is 0.0695. The molecular weight excluding hydrogens is 416 g/mol. The van der Waals surface area contributed by atoms with Gasteiger partial charge in [-0.1, -0.05) is 29.8 Å². The van der Waals surface area contributed by atoms with Crippen LogP contribution in [0, 0.1) is 0 Å². The first-order valence-corrected chi connectivity index (χ1v) is 10.4. The number of morpholine rings is 1. The lowest BCUT2D eigenvalue weighted by Crippen LogP contribution is -2.30. The van der Waals surface area contributed by atoms with Gasteiger partial charge in [-0.15, -0.1) is 0 Å². The Bertz CT molecular complexity index is 1150. The van der Waals surface area contributed by atoms with E-state index in [1.54, 1.807) is 25.2 Å². The van der Waals surface area contributed by atoms with E-state index in [1.807, 2.05) is 12.1 Å². The average Bonchev–Trinajstić information content (AvgIpc) is 3.04. The Morgan fingerprint density at radius 1 is 1.13 bits per heavy atom. The number of carbonyl (C=O) groups is 1. The summed E-state index contributed by atoms with van der Waals surface area (Å²) < 4.78 is 6.03. The van der Waals surface area contributed by atoms with E-state index in [4.69, 9.17) is 16.3 Å². The second-order valence-corrected chi connectivity index (χ2v) is 7.79. The Balaban J connectivity index is 1.40. The summed E-state index contributed by atoms with van der Waals surface area (Å²) in [7, 11) is 1.59. The van der Waals surface area contributed by atoms with Crippen LogP contribution in [-0.2, 0) is 4.74 Å². The number of nitrogens with zero attached hydrogens (tertiary/aromatic N) is 2. The van der Waals surface area contributed by atoms with E-state index in [2.05, 4.69) is 43.4 Å². The molecule has 1 saturated heterocycles. The van der Waals surface area contributed by atoms with Crippen LogP contribution in [0.15, 0.2) is 48.7 Å². The summed E-state index contributed by atoms with van der Waals surface area (Å²) in [5.41, 5.74) is 4.38. The van der Waals surface area contributed by atoms with Crippen molar-refractivity contribution in [1.82, 2.24) is 20.6 Å². The molecule has 5 rings (SSSR count). The van der Waals surface area contributed by atoms with Gasteiger partial charge in [0.05, 0.1) is 29.7 Å². The maximum atomic E-state index is 12.1. The zero-order valence-electron chi connectivity index (χ0n) is 16.8. The SMILES string of the molecule is CNC(=O)c1ccccc1Nc1nc(Nc2ccc3c(c2)C2CNCC3O2)ncc1Cl. The number of hydrogen-bond donors (Lipinski definition) is 4. The van der Waals surface area contributed by atoms with Crippen molar-refractivity contribution in [3.63, 3.8) is 0 Å². The zero-order chi connectivity index (χ0) is 21.4. The largest absolute Gasteiger partial charge is 0.363 e. The number of amides is 1. The molecule has 4 N–H and O–H groups in total. The molecule has 2 bridgehead atoms. The van der Waals surface area contributed by atoms with Gasteiger partial charge in [-0.25, -0.2) is 4.98 Å². The van der Waals surface area contributed by atoms with Crippen LogP contribution in [-0.4, -0.2) is 36.0 Å². The highest BCUT2D eigenvalue weighted by molar-refractivity contribution is 6.33. The number of anilines is 4. The molecule has 0 aliphatic carbocycles. The highest BCUT2D eigenvalue weighted by atomic mass is 35.5. The molecule has 2 unspecified atom stereocenters. The van der Waals surface area contributed by atoms with Gasteiger partial charge in [0.15, 0.2) is 5.82 Å². The van der Waals surface area contributed by atoms with E-state index in [0.717, 1.165) is 18.8 Å². The fourth-order valence-corrected chi connectivity index (χ4v) is 4.07. The van der Waals surface area contributed by atoms with Crippen LogP contribution in [0.25, 0.3) is 0 Å². The van der Waals surface area contributed by atoms with Gasteiger partial charge in [0, 0.05) is 25.8 Å². The van der Waals surface area contributed by atoms with Gasteiger partial charge >= 0.3 is 0 Å². The second kappa shape index (κ2) is 8.14. The van der Waals surface area contributed by atoms with Crippen molar-refractivity contribution in [2.75, 3.05) is 30.8 Å². The standard InChI is InChI=1S/C22H21ClN6O2/c1-24-21(30)14-4-2-3-5-17(14)28-20-16(23)9-26-22(29-20)27-12-6-7-13-15(8-12)19-11-25-10-18(13)31-19/h2-9,18-19,25H,10-11H2,1H3,(H,24,30)(H2,26,27,28,29). The van der Waals surface area contributed by atoms with Crippen LogP contribution >= 0.6 is 11.6 Å². The summed E-state index contributed by atoms with van der Waals surface area (Å²) in [5, 5.41) is 12.8. The molecule has 2 aliphatic heterocycles. The predicted octanol–water partition coefficient (Wildman–Crippen LogP) is 3.69. The molecule has 31 heavy (non-hydrogen) atoms. The second-order valence-electron chi connectivity index (χ2n) is 7.38. The minimum atomic E-state index is -0.202. The number of benzene rings is 2. The Hall–Kier alpha value is -3.20. The van der Waals surface area contributed by atoms with E-state index < -0.39 is 0 Å². The van der Waals surface area contributed by atoms with Crippen LogP contribution < -0.4 is 21.3 Å². The van der Waals surface area contributed by atoms with E-state index >= 15 is 0 Å². The first-order valence-electron chi connectivity index (χ1n) is 10.00. The number of rotatable bonds is 5. The zero-order valence-corrected chi connectivity index (χ0v) is 17.5. The average molecular weight is 437 g/mol. The number of para-hydroxylation sites is 1. The highest BCUT2D eigenvalue weighted by Gasteiger charge is 2.35. The Labute approximate surface area is 184 Å². The number of carbonyl (C=O) groups excluding carboxylic acids is 1. The summed E-state index contributed by atoms with van der Waals surface area (Å²) in [6.07, 6.45) is 1.71. The summed E-state index contributed by atoms with van der Waals surface area (Å²) in [4.78, 5) is 20.9. The molecule has 0 saturated carbocycles. The number of halogens is 1. The monoisotopic (exact) mass is 436 g/mol. The number of aromatic nitrogens is 2. The molecule has 2 aromatic carbocycles. The number of fused-ring (bicyclic) bond motifs is 5. The lowest BCUT2D eigenvalue weighted by molar-refractivity contribution is -0.0149. The number of hydrogen-bond acceptors (Lipinski definition) is 7. The topological polar surface area (TPSA) is 100 Å². The number of ether oxygens (including phenoxy) is 1. The summed E-state index contributed by atoms with van der Waals surface area (Å²) in [6, 6.07) is 13.3. The van der Waals surface area contributed by atoms with Gasteiger partial charge in [-0.3, -0.25) is 4.79 Å². The molecule has 3 heterocycles. The molecule has 2 aliphatic rings. The van der Waals surface area contributed by atoms with Gasteiger partial charge in [0.1, 0.15) is 5.02 Å².